The molecule has 0 aliphatic heterocycles. The minimum atomic E-state index is 0.458. The van der Waals surface area contributed by atoms with E-state index in [1.807, 2.05) is 54.6 Å². The van der Waals surface area contributed by atoms with Crippen LogP contribution in [-0.2, 0) is 23.0 Å². The summed E-state index contributed by atoms with van der Waals surface area (Å²) in [6, 6.07) is 17.9. The van der Waals surface area contributed by atoms with Crippen LogP contribution in [-0.4, -0.2) is 0 Å². The van der Waals surface area contributed by atoms with E-state index in [0.717, 1.165) is 15.6 Å². The highest BCUT2D eigenvalue weighted by Crippen LogP contribution is 2.11. The fourth-order valence-electron chi connectivity index (χ4n) is 1.37. The Morgan fingerprint density at radius 3 is 1.82 bits per heavy atom. The highest BCUT2D eigenvalue weighted by atomic mass is 79.9. The highest BCUT2D eigenvalue weighted by Gasteiger charge is 1.95. The monoisotopic (exact) mass is 292 g/mol. The van der Waals surface area contributed by atoms with Crippen LogP contribution in [0, 0.1) is 0 Å². The molecule has 0 saturated heterocycles. The van der Waals surface area contributed by atoms with Gasteiger partial charge in [0.15, 0.2) is 0 Å². The van der Waals surface area contributed by atoms with Gasteiger partial charge in [0.25, 0.3) is 0 Å². The molecule has 0 atom stereocenters. The number of halogens is 1. The van der Waals surface area contributed by atoms with Gasteiger partial charge in [-0.2, -0.15) is 0 Å². The molecule has 3 heteroatoms. The summed E-state index contributed by atoms with van der Waals surface area (Å²) in [5.74, 6) is 0. The van der Waals surface area contributed by atoms with Crippen LogP contribution in [0.5, 0.6) is 0 Å². The lowest BCUT2D eigenvalue weighted by Crippen LogP contribution is -1.96. The lowest BCUT2D eigenvalue weighted by molar-refractivity contribution is -0.313. The van der Waals surface area contributed by atoms with E-state index in [9.17, 15) is 0 Å². The van der Waals surface area contributed by atoms with Crippen LogP contribution >= 0.6 is 15.9 Å². The molecule has 0 aromatic heterocycles. The molecule has 2 aromatic rings. The van der Waals surface area contributed by atoms with E-state index in [1.165, 1.54) is 0 Å². The maximum absolute atomic E-state index is 5.15. The van der Waals surface area contributed by atoms with Gasteiger partial charge in [-0.05, 0) is 23.3 Å². The van der Waals surface area contributed by atoms with Gasteiger partial charge < -0.3 is 0 Å². The van der Waals surface area contributed by atoms with Crippen molar-refractivity contribution in [3.05, 3.63) is 70.2 Å². The van der Waals surface area contributed by atoms with Gasteiger partial charge in [0.05, 0.1) is 0 Å². The van der Waals surface area contributed by atoms with E-state index in [1.54, 1.807) is 0 Å². The summed E-state index contributed by atoms with van der Waals surface area (Å²) in [4.78, 5) is 10.3. The van der Waals surface area contributed by atoms with Gasteiger partial charge in [-0.1, -0.05) is 58.4 Å². The van der Waals surface area contributed by atoms with E-state index < -0.39 is 0 Å². The fourth-order valence-corrected chi connectivity index (χ4v) is 1.64. The van der Waals surface area contributed by atoms with Crippen LogP contribution in [0.15, 0.2) is 59.1 Å². The molecule has 0 fully saturated rings. The van der Waals surface area contributed by atoms with Crippen molar-refractivity contribution in [1.82, 2.24) is 0 Å². The predicted molar refractivity (Wildman–Crippen MR) is 70.2 cm³/mol. The van der Waals surface area contributed by atoms with Gasteiger partial charge in [-0.3, -0.25) is 0 Å². The van der Waals surface area contributed by atoms with E-state index in [-0.39, 0.29) is 0 Å². The van der Waals surface area contributed by atoms with Gasteiger partial charge in [0, 0.05) is 4.47 Å². The lowest BCUT2D eigenvalue weighted by Gasteiger charge is -2.04. The Morgan fingerprint density at radius 1 is 0.706 bits per heavy atom. The molecule has 0 spiro atoms. The average molecular weight is 293 g/mol. The Morgan fingerprint density at radius 2 is 1.24 bits per heavy atom. The summed E-state index contributed by atoms with van der Waals surface area (Å²) < 4.78 is 1.06. The van der Waals surface area contributed by atoms with Crippen molar-refractivity contribution in [2.75, 3.05) is 0 Å². The van der Waals surface area contributed by atoms with Crippen LogP contribution in [0.2, 0.25) is 0 Å². The third-order valence-electron chi connectivity index (χ3n) is 2.29. The number of benzene rings is 2. The maximum atomic E-state index is 5.15. The highest BCUT2D eigenvalue weighted by molar-refractivity contribution is 9.10. The van der Waals surface area contributed by atoms with E-state index >= 15 is 0 Å². The second kappa shape index (κ2) is 6.55. The van der Waals surface area contributed by atoms with Gasteiger partial charge in [0.2, 0.25) is 0 Å². The predicted octanol–water partition coefficient (Wildman–Crippen LogP) is 4.10. The molecule has 88 valence electrons. The Hall–Kier alpha value is -1.16. The second-order valence-electron chi connectivity index (χ2n) is 3.64. The van der Waals surface area contributed by atoms with Crippen LogP contribution in [0.25, 0.3) is 0 Å². The number of hydrogen-bond donors (Lipinski definition) is 0. The largest absolute Gasteiger partial charge is 0.232 e. The zero-order valence-electron chi connectivity index (χ0n) is 9.30. The van der Waals surface area contributed by atoms with Crippen molar-refractivity contribution >= 4 is 15.9 Å². The Kier molecular flexibility index (Phi) is 4.74. The summed E-state index contributed by atoms with van der Waals surface area (Å²) >= 11 is 3.39. The molecule has 0 N–H and O–H groups in total. The minimum absolute atomic E-state index is 0.458. The summed E-state index contributed by atoms with van der Waals surface area (Å²) in [7, 11) is 0. The quantitative estimate of drug-likeness (QED) is 0.469. The van der Waals surface area contributed by atoms with E-state index in [0.29, 0.717) is 13.2 Å². The zero-order chi connectivity index (χ0) is 11.9. The maximum Gasteiger partial charge on any atom is 0.107 e. The summed E-state index contributed by atoms with van der Waals surface area (Å²) in [5, 5.41) is 0. The van der Waals surface area contributed by atoms with Gasteiger partial charge in [-0.25, -0.2) is 9.78 Å². The molecule has 0 aliphatic carbocycles. The molecule has 0 bridgehead atoms. The number of hydrogen-bond acceptors (Lipinski definition) is 2. The molecule has 0 unspecified atom stereocenters. The molecule has 0 heterocycles. The molecule has 2 rings (SSSR count). The number of rotatable bonds is 5. The van der Waals surface area contributed by atoms with Crippen LogP contribution in [0.3, 0.4) is 0 Å². The van der Waals surface area contributed by atoms with Crippen molar-refractivity contribution in [1.29, 1.82) is 0 Å². The Bertz CT molecular complexity index is 440. The molecular weight excluding hydrogens is 280 g/mol. The molecule has 0 saturated carbocycles. The standard InChI is InChI=1S/C14H13BrO2/c15-14-8-6-13(7-9-14)11-17-16-10-12-4-2-1-3-5-12/h1-9H,10-11H2. The molecule has 2 nitrogen and oxygen atoms in total. The molecular formula is C14H13BrO2. The first-order chi connectivity index (χ1) is 8.34. The smallest absolute Gasteiger partial charge is 0.107 e. The van der Waals surface area contributed by atoms with E-state index in [2.05, 4.69) is 15.9 Å². The van der Waals surface area contributed by atoms with Crippen LogP contribution in [0.4, 0.5) is 0 Å². The van der Waals surface area contributed by atoms with Gasteiger partial charge in [-0.15, -0.1) is 0 Å². The molecule has 0 amide bonds. The summed E-state index contributed by atoms with van der Waals surface area (Å²) in [6.07, 6.45) is 0. The SMILES string of the molecule is Brc1ccc(COOCc2ccccc2)cc1. The third-order valence-corrected chi connectivity index (χ3v) is 2.82. The van der Waals surface area contributed by atoms with Crippen molar-refractivity contribution in [2.45, 2.75) is 13.2 Å². The van der Waals surface area contributed by atoms with Gasteiger partial charge >= 0.3 is 0 Å². The van der Waals surface area contributed by atoms with Crippen molar-refractivity contribution in [3.8, 4) is 0 Å². The molecule has 2 aromatic carbocycles. The summed E-state index contributed by atoms with van der Waals surface area (Å²) in [6.45, 7) is 0.928. The molecule has 0 aliphatic rings. The molecule has 0 radical (unpaired) electrons. The van der Waals surface area contributed by atoms with Crippen LogP contribution in [0.1, 0.15) is 11.1 Å². The summed E-state index contributed by atoms with van der Waals surface area (Å²) in [5.41, 5.74) is 2.18. The fraction of sp³-hybridized carbons (Fsp3) is 0.143. The van der Waals surface area contributed by atoms with Crippen molar-refractivity contribution in [3.63, 3.8) is 0 Å². The second-order valence-corrected chi connectivity index (χ2v) is 4.55. The zero-order valence-corrected chi connectivity index (χ0v) is 10.9. The first-order valence-corrected chi connectivity index (χ1v) is 6.17. The molecule has 17 heavy (non-hydrogen) atoms. The Labute approximate surface area is 109 Å². The first-order valence-electron chi connectivity index (χ1n) is 5.37. The van der Waals surface area contributed by atoms with E-state index in [4.69, 9.17) is 9.78 Å². The van der Waals surface area contributed by atoms with Crippen molar-refractivity contribution in [2.24, 2.45) is 0 Å². The Balaban J connectivity index is 1.71. The first kappa shape index (κ1) is 12.3. The topological polar surface area (TPSA) is 18.5 Å². The third kappa shape index (κ3) is 4.30. The average Bonchev–Trinajstić information content (AvgIpc) is 2.38. The van der Waals surface area contributed by atoms with Crippen molar-refractivity contribution < 1.29 is 9.78 Å². The normalized spacial score (nSPS) is 10.4. The minimum Gasteiger partial charge on any atom is -0.232 e. The van der Waals surface area contributed by atoms with Crippen LogP contribution < -0.4 is 0 Å². The lowest BCUT2D eigenvalue weighted by atomic mass is 10.2. The van der Waals surface area contributed by atoms with Gasteiger partial charge in [0.1, 0.15) is 13.2 Å².